The number of fused-ring (bicyclic) bond motifs is 4. The number of rotatable bonds is 15. The maximum atomic E-state index is 13.6. The van der Waals surface area contributed by atoms with E-state index in [9.17, 15) is 30.1 Å². The highest BCUT2D eigenvalue weighted by atomic mass is 16.5. The van der Waals surface area contributed by atoms with Crippen LogP contribution in [0.15, 0.2) is 170 Å². The van der Waals surface area contributed by atoms with Gasteiger partial charge in [0.1, 0.15) is 29.4 Å². The first kappa shape index (κ1) is 71.3. The van der Waals surface area contributed by atoms with Crippen LogP contribution in [0.25, 0.3) is 89.2 Å². The number of benzene rings is 8. The van der Waals surface area contributed by atoms with Gasteiger partial charge in [0.15, 0.2) is 0 Å². The lowest BCUT2D eigenvalue weighted by Gasteiger charge is -2.50. The van der Waals surface area contributed by atoms with Crippen molar-refractivity contribution in [1.82, 2.24) is 43.3 Å². The number of aliphatic hydroxyl groups is 2. The average molecular weight is 1360 g/mol. The molecule has 2 fully saturated rings. The predicted molar refractivity (Wildman–Crippen MR) is 404 cm³/mol. The van der Waals surface area contributed by atoms with E-state index in [0.717, 1.165) is 149 Å². The van der Waals surface area contributed by atoms with Crippen molar-refractivity contribution in [2.45, 2.75) is 177 Å². The fourth-order valence-corrected chi connectivity index (χ4v) is 16.0. The van der Waals surface area contributed by atoms with Gasteiger partial charge in [-0.05, 0) is 183 Å². The van der Waals surface area contributed by atoms with E-state index in [0.29, 0.717) is 49.9 Å². The Hall–Kier alpha value is -9.58. The molecule has 0 atom stereocenters. The van der Waals surface area contributed by atoms with Crippen LogP contribution in [0.1, 0.15) is 162 Å². The Bertz CT molecular complexity index is 4990. The number of esters is 1. The molecule has 0 radical (unpaired) electrons. The number of carbonyl (C=O) groups excluding carboxylic acids is 1. The summed E-state index contributed by atoms with van der Waals surface area (Å²) in [6.45, 7) is 25.9. The quantitative estimate of drug-likeness (QED) is 0.0710. The van der Waals surface area contributed by atoms with Gasteiger partial charge in [-0.15, -0.1) is 0 Å². The molecular formula is C85H97N9O7. The SMILES string of the molecule is CC1(C)CC(O)CC(C)(C)C1O.CCCc1nc2c(C)cc(-c3nc4ccccc4n3C)cc2n1Cc1ccc(-c2ccccc2C(=O)O)cc1.CCCc1nc2c(C)cc(-c3nc4ccccc4n3C)cc2n1Cc1ccc(-c2ccccc2C(=O)OC2CC(C)(C)N(O)C(C)(C)C2)cc1. The lowest BCUT2D eigenvalue weighted by molar-refractivity contribution is -0.256. The Balaban J connectivity index is 0.000000167. The zero-order valence-electron chi connectivity index (χ0n) is 61.0. The lowest BCUT2D eigenvalue weighted by Crippen LogP contribution is -2.60. The molecule has 0 bridgehead atoms. The number of aromatic nitrogens is 8. The monoisotopic (exact) mass is 1360 g/mol. The molecule has 5 heterocycles. The summed E-state index contributed by atoms with van der Waals surface area (Å²) in [7, 11) is 4.14. The molecule has 524 valence electrons. The number of carboxylic acids is 1. The topological polar surface area (TPSA) is 199 Å². The highest BCUT2D eigenvalue weighted by molar-refractivity contribution is 5.98. The molecule has 16 heteroatoms. The summed E-state index contributed by atoms with van der Waals surface area (Å²) >= 11 is 0. The summed E-state index contributed by atoms with van der Waals surface area (Å²) in [4.78, 5) is 45.5. The number of piperidine rings is 1. The molecule has 12 aromatic rings. The minimum Gasteiger partial charge on any atom is -0.478 e. The van der Waals surface area contributed by atoms with Crippen molar-refractivity contribution in [3.63, 3.8) is 0 Å². The number of ether oxygens (including phenoxy) is 1. The molecule has 1 aliphatic carbocycles. The Morgan fingerprint density at radius 1 is 0.495 bits per heavy atom. The number of imidazole rings is 4. The molecule has 8 aromatic carbocycles. The van der Waals surface area contributed by atoms with Crippen molar-refractivity contribution >= 4 is 56.1 Å². The first-order valence-electron chi connectivity index (χ1n) is 35.6. The molecule has 4 N–H and O–H groups in total. The number of aliphatic hydroxyl groups excluding tert-OH is 2. The molecule has 4 aromatic heterocycles. The first-order valence-corrected chi connectivity index (χ1v) is 35.6. The van der Waals surface area contributed by atoms with Crippen LogP contribution < -0.4 is 0 Å². The second-order valence-electron chi connectivity index (χ2n) is 30.6. The molecule has 0 spiro atoms. The van der Waals surface area contributed by atoms with Crippen molar-refractivity contribution in [3.05, 3.63) is 215 Å². The fraction of sp³-hybridized carbons (Fsp3) is 0.365. The van der Waals surface area contributed by atoms with Crippen molar-refractivity contribution < 1.29 is 34.9 Å². The van der Waals surface area contributed by atoms with Gasteiger partial charge in [-0.3, -0.25) is 0 Å². The number of carboxylic acid groups (broad SMARTS) is 1. The van der Waals surface area contributed by atoms with Gasteiger partial charge >= 0.3 is 11.9 Å². The molecule has 0 amide bonds. The van der Waals surface area contributed by atoms with Gasteiger partial charge in [0.05, 0.1) is 67.5 Å². The number of aromatic carboxylic acids is 1. The average Bonchev–Trinajstić information content (AvgIpc) is 1.50. The standard InChI is InChI=1S/C42H47N5O3.C33H30N4O2.C10H20O2/c1-8-13-37-44-38-27(2)22-30(39-43-34-16-11-12-17-35(34)45(39)7)23-36(38)46(37)26-28-18-20-29(21-19-28)32-14-9-10-15-33(32)40(48)50-31-24-41(3,4)47(49)42(5,6)25-31;1-4-9-30-35-31-21(2)18-24(32-34-27-12-7-8-13-28(27)36(32)3)19-29(31)37(30)20-22-14-16-23(17-15-22)25-10-5-6-11-26(25)33(38)39;1-9(2)5-7(11)6-10(3,4)8(9)12/h9-12,14-23,31,49H,8,13,24-26H2,1-7H3;5-8,10-19H,4,9,20H2,1-3H3,(H,38,39);7-8,11-12H,5-6H2,1-4H3. The highest BCUT2D eigenvalue weighted by Gasteiger charge is 2.47. The van der Waals surface area contributed by atoms with Crippen LogP contribution in [0.5, 0.6) is 0 Å². The van der Waals surface area contributed by atoms with Crippen LogP contribution in [0.3, 0.4) is 0 Å². The van der Waals surface area contributed by atoms with Crippen molar-refractivity contribution in [2.24, 2.45) is 24.9 Å². The van der Waals surface area contributed by atoms with Crippen LogP contribution >= 0.6 is 0 Å². The summed E-state index contributed by atoms with van der Waals surface area (Å²) in [6, 6.07) is 56.7. The number of hydroxylamine groups is 2. The first-order chi connectivity index (χ1) is 48.1. The summed E-state index contributed by atoms with van der Waals surface area (Å²) in [5, 5.41) is 41.3. The maximum Gasteiger partial charge on any atom is 0.339 e. The predicted octanol–water partition coefficient (Wildman–Crippen LogP) is 18.0. The van der Waals surface area contributed by atoms with Crippen molar-refractivity contribution in [3.8, 4) is 45.0 Å². The van der Waals surface area contributed by atoms with Crippen LogP contribution in [-0.2, 0) is 44.8 Å². The molecule has 101 heavy (non-hydrogen) atoms. The van der Waals surface area contributed by atoms with E-state index in [4.69, 9.17) is 24.7 Å². The number of nitrogens with zero attached hydrogens (tertiary/aromatic N) is 9. The second-order valence-corrected chi connectivity index (χ2v) is 30.6. The molecule has 0 unspecified atom stereocenters. The Morgan fingerprint density at radius 3 is 1.31 bits per heavy atom. The van der Waals surface area contributed by atoms with Crippen LogP contribution in [0, 0.1) is 24.7 Å². The van der Waals surface area contributed by atoms with Gasteiger partial charge in [-0.25, -0.2) is 29.5 Å². The lowest BCUT2D eigenvalue weighted by atomic mass is 9.62. The molecule has 16 nitrogen and oxygen atoms in total. The van der Waals surface area contributed by atoms with E-state index in [1.807, 2.05) is 134 Å². The number of hydrogen-bond acceptors (Lipinski definition) is 11. The van der Waals surface area contributed by atoms with Gasteiger partial charge in [0, 0.05) is 75.1 Å². The Morgan fingerprint density at radius 2 is 0.891 bits per heavy atom. The third kappa shape index (κ3) is 14.6. The van der Waals surface area contributed by atoms with Gasteiger partial charge in [0.25, 0.3) is 0 Å². The van der Waals surface area contributed by atoms with Crippen LogP contribution in [0.4, 0.5) is 0 Å². The minimum atomic E-state index is -0.921. The summed E-state index contributed by atoms with van der Waals surface area (Å²) in [5.41, 5.74) is 18.1. The number of para-hydroxylation sites is 4. The summed E-state index contributed by atoms with van der Waals surface area (Å²) < 4.78 is 15.1. The largest absolute Gasteiger partial charge is 0.478 e. The third-order valence-corrected chi connectivity index (χ3v) is 20.7. The van der Waals surface area contributed by atoms with Gasteiger partial charge < -0.3 is 43.5 Å². The molecule has 2 aliphatic rings. The second kappa shape index (κ2) is 28.4. The number of aryl methyl sites for hydroxylation is 6. The van der Waals surface area contributed by atoms with E-state index in [1.54, 1.807) is 12.1 Å². The Labute approximate surface area is 592 Å². The van der Waals surface area contributed by atoms with E-state index in [-0.39, 0.29) is 35.1 Å². The van der Waals surface area contributed by atoms with E-state index in [2.05, 4.69) is 139 Å². The summed E-state index contributed by atoms with van der Waals surface area (Å²) in [5.74, 6) is 2.76. The van der Waals surface area contributed by atoms with Crippen molar-refractivity contribution in [2.75, 3.05) is 0 Å². The number of hydrogen-bond donors (Lipinski definition) is 4. The zero-order chi connectivity index (χ0) is 72.0. The smallest absolute Gasteiger partial charge is 0.339 e. The van der Waals surface area contributed by atoms with Gasteiger partial charge in [-0.2, -0.15) is 5.06 Å². The normalized spacial score (nSPS) is 17.2. The Kier molecular flexibility index (Phi) is 20.1. The molecule has 1 aliphatic heterocycles. The molecule has 1 saturated carbocycles. The summed E-state index contributed by atoms with van der Waals surface area (Å²) in [6.07, 6.45) is 5.44. The molecular weight excluding hydrogens is 1260 g/mol. The fourth-order valence-electron chi connectivity index (χ4n) is 16.0. The molecule has 1 saturated heterocycles. The van der Waals surface area contributed by atoms with E-state index in [1.165, 1.54) is 5.06 Å². The maximum absolute atomic E-state index is 13.6. The minimum absolute atomic E-state index is 0.152. The van der Waals surface area contributed by atoms with Crippen LogP contribution in [-0.4, -0.2) is 105 Å². The molecule has 14 rings (SSSR count). The van der Waals surface area contributed by atoms with Crippen molar-refractivity contribution in [1.29, 1.82) is 0 Å². The van der Waals surface area contributed by atoms with Crippen LogP contribution in [0.2, 0.25) is 0 Å². The van der Waals surface area contributed by atoms with Gasteiger partial charge in [-0.1, -0.05) is 151 Å². The third-order valence-electron chi connectivity index (χ3n) is 20.7. The van der Waals surface area contributed by atoms with E-state index >= 15 is 0 Å². The zero-order valence-corrected chi connectivity index (χ0v) is 61.0. The van der Waals surface area contributed by atoms with Gasteiger partial charge in [0.2, 0.25) is 0 Å². The van der Waals surface area contributed by atoms with E-state index < -0.39 is 17.0 Å². The number of carbonyl (C=O) groups is 2. The highest BCUT2D eigenvalue weighted by Crippen LogP contribution is 2.46.